The van der Waals surface area contributed by atoms with Gasteiger partial charge >= 0.3 is 0 Å². The van der Waals surface area contributed by atoms with Crippen molar-refractivity contribution in [2.24, 2.45) is 5.92 Å². The molecule has 0 spiro atoms. The van der Waals surface area contributed by atoms with Crippen LogP contribution in [-0.4, -0.2) is 48.1 Å². The van der Waals surface area contributed by atoms with Crippen LogP contribution in [0.15, 0.2) is 36.4 Å². The first kappa shape index (κ1) is 22.8. The van der Waals surface area contributed by atoms with Gasteiger partial charge in [0, 0.05) is 42.9 Å². The second-order valence-corrected chi connectivity index (χ2v) is 10.0. The number of halogens is 1. The monoisotopic (exact) mass is 475 g/mol. The Morgan fingerprint density at radius 1 is 1.03 bits per heavy atom. The number of anilines is 1. The number of benzene rings is 1. The van der Waals surface area contributed by atoms with Crippen molar-refractivity contribution >= 4 is 46.3 Å². The molecule has 3 atom stereocenters. The lowest BCUT2D eigenvalue weighted by molar-refractivity contribution is -0.119. The molecule has 1 aliphatic heterocycles. The molecule has 2 fully saturated rings. The lowest BCUT2D eigenvalue weighted by Gasteiger charge is -2.27. The number of aliphatic hydroxyl groups is 1. The van der Waals surface area contributed by atoms with E-state index in [0.717, 1.165) is 18.5 Å². The molecule has 3 N–H and O–H groups in total. The number of hydrogen-bond donors (Lipinski definition) is 3. The number of amides is 3. The van der Waals surface area contributed by atoms with E-state index in [9.17, 15) is 19.5 Å². The maximum Gasteiger partial charge on any atom is 0.261 e. The lowest BCUT2D eigenvalue weighted by Crippen LogP contribution is -2.48. The van der Waals surface area contributed by atoms with E-state index in [1.54, 1.807) is 41.3 Å². The maximum atomic E-state index is 12.9. The number of piperidine rings is 1. The van der Waals surface area contributed by atoms with Crippen LogP contribution in [0, 0.1) is 5.92 Å². The molecule has 1 saturated carbocycles. The van der Waals surface area contributed by atoms with Gasteiger partial charge in [0.05, 0.1) is 9.21 Å². The van der Waals surface area contributed by atoms with Gasteiger partial charge in [-0.25, -0.2) is 0 Å². The second-order valence-electron chi connectivity index (χ2n) is 8.33. The van der Waals surface area contributed by atoms with E-state index in [1.165, 1.54) is 11.3 Å². The van der Waals surface area contributed by atoms with Crippen LogP contribution in [0.25, 0.3) is 0 Å². The fourth-order valence-corrected chi connectivity index (χ4v) is 5.36. The zero-order valence-electron chi connectivity index (χ0n) is 17.6. The Hall–Kier alpha value is -2.42. The first-order chi connectivity index (χ1) is 15.4. The molecule has 170 valence electrons. The van der Waals surface area contributed by atoms with Crippen molar-refractivity contribution in [3.8, 4) is 0 Å². The predicted octanol–water partition coefficient (Wildman–Crippen LogP) is 3.22. The summed E-state index contributed by atoms with van der Waals surface area (Å²) in [6.07, 6.45) is 3.62. The minimum Gasteiger partial charge on any atom is -0.396 e. The molecule has 32 heavy (non-hydrogen) atoms. The summed E-state index contributed by atoms with van der Waals surface area (Å²) in [5.41, 5.74) is 1.29. The SMILES string of the molecule is O=C(NC1CC(CO)CC1NC(=O)c1ccc(Cl)s1)c1ccc(N2CCCCC2=O)cc1. The van der Waals surface area contributed by atoms with Gasteiger partial charge in [0.25, 0.3) is 11.8 Å². The molecule has 0 bridgehead atoms. The standard InChI is InChI=1S/C23H26ClN3O4S/c24-20-9-8-19(32-20)23(31)26-18-12-14(13-28)11-17(18)25-22(30)15-4-6-16(7-5-15)27-10-2-1-3-21(27)29/h4-9,14,17-18,28H,1-3,10-13H2,(H,25,30)(H,26,31). The van der Waals surface area contributed by atoms with Crippen LogP contribution in [0.4, 0.5) is 5.69 Å². The summed E-state index contributed by atoms with van der Waals surface area (Å²) in [4.78, 5) is 39.8. The van der Waals surface area contributed by atoms with Gasteiger partial charge in [-0.3, -0.25) is 14.4 Å². The summed E-state index contributed by atoms with van der Waals surface area (Å²) < 4.78 is 0.536. The van der Waals surface area contributed by atoms with Gasteiger partial charge < -0.3 is 20.6 Å². The van der Waals surface area contributed by atoms with E-state index in [1.807, 2.05) is 0 Å². The first-order valence-corrected chi connectivity index (χ1v) is 12.0. The zero-order valence-corrected chi connectivity index (χ0v) is 19.1. The van der Waals surface area contributed by atoms with Gasteiger partial charge in [-0.05, 0) is 68.0 Å². The van der Waals surface area contributed by atoms with E-state index in [2.05, 4.69) is 10.6 Å². The fraction of sp³-hybridized carbons (Fsp3) is 0.435. The Balaban J connectivity index is 1.41. The van der Waals surface area contributed by atoms with Crippen molar-refractivity contribution in [1.82, 2.24) is 10.6 Å². The van der Waals surface area contributed by atoms with Crippen LogP contribution in [0.1, 0.15) is 52.1 Å². The molecule has 3 amide bonds. The molecule has 1 aromatic carbocycles. The van der Waals surface area contributed by atoms with Crippen molar-refractivity contribution < 1.29 is 19.5 Å². The molecular weight excluding hydrogens is 450 g/mol. The normalized spacial score (nSPS) is 23.2. The maximum absolute atomic E-state index is 12.9. The van der Waals surface area contributed by atoms with Crippen LogP contribution in [0.3, 0.4) is 0 Å². The molecule has 0 radical (unpaired) electrons. The van der Waals surface area contributed by atoms with E-state index in [4.69, 9.17) is 11.6 Å². The Bertz CT molecular complexity index is 993. The van der Waals surface area contributed by atoms with Gasteiger partial charge in [0.1, 0.15) is 0 Å². The molecule has 2 heterocycles. The van der Waals surface area contributed by atoms with Crippen LogP contribution in [-0.2, 0) is 4.79 Å². The first-order valence-electron chi connectivity index (χ1n) is 10.8. The highest BCUT2D eigenvalue weighted by molar-refractivity contribution is 7.18. The number of nitrogens with zero attached hydrogens (tertiary/aromatic N) is 1. The smallest absolute Gasteiger partial charge is 0.261 e. The van der Waals surface area contributed by atoms with Gasteiger partial charge in [0.2, 0.25) is 5.91 Å². The summed E-state index contributed by atoms with van der Waals surface area (Å²) in [6.45, 7) is 0.702. The molecule has 4 rings (SSSR count). The number of rotatable bonds is 6. The minimum atomic E-state index is -0.289. The molecule has 2 aromatic rings. The highest BCUT2D eigenvalue weighted by Crippen LogP contribution is 2.28. The summed E-state index contributed by atoms with van der Waals surface area (Å²) in [6, 6.07) is 9.79. The van der Waals surface area contributed by atoms with Gasteiger partial charge in [-0.15, -0.1) is 11.3 Å². The molecule has 3 unspecified atom stereocenters. The van der Waals surface area contributed by atoms with Crippen molar-refractivity contribution in [2.45, 2.75) is 44.2 Å². The largest absolute Gasteiger partial charge is 0.396 e. The number of thiophene rings is 1. The number of hydrogen-bond acceptors (Lipinski definition) is 5. The summed E-state index contributed by atoms with van der Waals surface area (Å²) in [5, 5.41) is 15.6. The van der Waals surface area contributed by atoms with E-state index >= 15 is 0 Å². The predicted molar refractivity (Wildman–Crippen MR) is 124 cm³/mol. The Kier molecular flexibility index (Phi) is 7.13. The zero-order chi connectivity index (χ0) is 22.7. The fourth-order valence-electron chi connectivity index (χ4n) is 4.41. The van der Waals surface area contributed by atoms with Crippen LogP contribution >= 0.6 is 22.9 Å². The van der Waals surface area contributed by atoms with Crippen molar-refractivity contribution in [3.63, 3.8) is 0 Å². The average molecular weight is 476 g/mol. The summed E-state index contributed by atoms with van der Waals surface area (Å²) in [7, 11) is 0. The molecule has 1 aliphatic carbocycles. The third-order valence-corrected chi connectivity index (χ3v) is 7.34. The highest BCUT2D eigenvalue weighted by atomic mass is 35.5. The number of aliphatic hydroxyl groups excluding tert-OH is 1. The molecule has 2 aliphatic rings. The Morgan fingerprint density at radius 2 is 1.72 bits per heavy atom. The number of carbonyl (C=O) groups is 3. The Morgan fingerprint density at radius 3 is 2.31 bits per heavy atom. The summed E-state index contributed by atoms with van der Waals surface area (Å²) >= 11 is 7.13. The average Bonchev–Trinajstić information content (AvgIpc) is 3.40. The molecular formula is C23H26ClN3O4S. The number of carbonyl (C=O) groups excluding carboxylic acids is 3. The van der Waals surface area contributed by atoms with E-state index in [0.29, 0.717) is 40.6 Å². The second kappa shape index (κ2) is 10.0. The highest BCUT2D eigenvalue weighted by Gasteiger charge is 2.36. The van der Waals surface area contributed by atoms with Crippen LogP contribution in [0.5, 0.6) is 0 Å². The van der Waals surface area contributed by atoms with E-state index < -0.39 is 0 Å². The van der Waals surface area contributed by atoms with Gasteiger partial charge in [-0.2, -0.15) is 0 Å². The van der Waals surface area contributed by atoms with Crippen molar-refractivity contribution in [1.29, 1.82) is 0 Å². The topological polar surface area (TPSA) is 98.7 Å². The lowest BCUT2D eigenvalue weighted by atomic mass is 10.1. The van der Waals surface area contributed by atoms with Crippen molar-refractivity contribution in [3.05, 3.63) is 51.2 Å². The molecule has 1 saturated heterocycles. The van der Waals surface area contributed by atoms with Gasteiger partial charge in [-0.1, -0.05) is 11.6 Å². The Labute approximate surface area is 195 Å². The number of nitrogens with one attached hydrogen (secondary N) is 2. The molecule has 7 nitrogen and oxygen atoms in total. The molecule has 1 aromatic heterocycles. The van der Waals surface area contributed by atoms with Gasteiger partial charge in [0.15, 0.2) is 0 Å². The van der Waals surface area contributed by atoms with E-state index in [-0.39, 0.29) is 42.3 Å². The third kappa shape index (κ3) is 5.14. The van der Waals surface area contributed by atoms with Crippen LogP contribution in [0.2, 0.25) is 4.34 Å². The van der Waals surface area contributed by atoms with Crippen LogP contribution < -0.4 is 15.5 Å². The summed E-state index contributed by atoms with van der Waals surface area (Å²) in [5.74, 6) is -0.367. The van der Waals surface area contributed by atoms with Crippen molar-refractivity contribution in [2.75, 3.05) is 18.1 Å². The third-order valence-electron chi connectivity index (χ3n) is 6.11. The molecule has 9 heteroatoms. The quantitative estimate of drug-likeness (QED) is 0.597. The minimum absolute atomic E-state index is 0.00211.